The van der Waals surface area contributed by atoms with Crippen LogP contribution < -0.4 is 5.56 Å². The van der Waals surface area contributed by atoms with Crippen molar-refractivity contribution in [3.8, 4) is 5.69 Å². The number of carbonyl (C=O) groups excluding carboxylic acids is 1. The van der Waals surface area contributed by atoms with E-state index in [0.717, 1.165) is 16.8 Å². The van der Waals surface area contributed by atoms with E-state index in [1.807, 2.05) is 68.9 Å². The average molecular weight is 774 g/mol. The van der Waals surface area contributed by atoms with Gasteiger partial charge in [0.1, 0.15) is 23.9 Å². The van der Waals surface area contributed by atoms with Gasteiger partial charge in [0.2, 0.25) is 0 Å². The van der Waals surface area contributed by atoms with E-state index in [2.05, 4.69) is 0 Å². The molecule has 0 spiro atoms. The zero-order valence-corrected chi connectivity index (χ0v) is 34.6. The third-order valence-corrected chi connectivity index (χ3v) is 12.1. The lowest BCUT2D eigenvalue weighted by atomic mass is 9.78. The van der Waals surface area contributed by atoms with Crippen molar-refractivity contribution in [2.45, 2.75) is 154 Å². The Labute approximate surface area is 326 Å². The summed E-state index contributed by atoms with van der Waals surface area (Å²) in [5.74, 6) is -2.85. The van der Waals surface area contributed by atoms with Crippen molar-refractivity contribution in [2.24, 2.45) is 17.8 Å². The molecule has 1 aromatic carbocycles. The van der Waals surface area contributed by atoms with Crippen molar-refractivity contribution in [2.75, 3.05) is 20.6 Å². The fourth-order valence-electron chi connectivity index (χ4n) is 8.62. The van der Waals surface area contributed by atoms with E-state index in [1.54, 1.807) is 50.6 Å². The normalized spacial score (nSPS) is 39.0. The molecule has 0 aliphatic carbocycles. The second-order valence-corrected chi connectivity index (χ2v) is 17.2. The van der Waals surface area contributed by atoms with E-state index >= 15 is 0 Å². The highest BCUT2D eigenvalue weighted by atomic mass is 16.7. The minimum absolute atomic E-state index is 0.116. The van der Waals surface area contributed by atoms with Crippen LogP contribution >= 0.6 is 0 Å². The standard InChI is InChI=1S/C42H67N3O10/c1-12-33-42(9,52)37(49)29(7)43(10)21-25(3)20-41(8,51)38(27(5)35(47)28(6)39(50)54-33)55-40-36(48)32(19-26(4)53-40)44(11)23-30-14-16-31(17-15-30)45-22-24(2)13-18-34(45)46/h13-18,22,25-29,32-33,35-38,40,47-49,51-52H,12,19-21,23H2,1-11H3/t25-,26-,27+,28-,29-,32+,33-,35+,36-,37-,38-,40+,41-,42-/m1/s1. The monoisotopic (exact) mass is 773 g/mol. The first kappa shape index (κ1) is 45.0. The van der Waals surface area contributed by atoms with Crippen molar-refractivity contribution in [1.29, 1.82) is 0 Å². The lowest BCUT2D eigenvalue weighted by molar-refractivity contribution is -0.300. The topological polar surface area (TPSA) is 174 Å². The van der Waals surface area contributed by atoms with Crippen molar-refractivity contribution < 1.29 is 44.5 Å². The predicted octanol–water partition coefficient (Wildman–Crippen LogP) is 3.01. The number of carbonyl (C=O) groups is 1. The molecule has 0 saturated carbocycles. The molecule has 2 aliphatic rings. The van der Waals surface area contributed by atoms with Crippen LogP contribution in [0.15, 0.2) is 47.4 Å². The molecule has 310 valence electrons. The molecule has 2 aromatic rings. The largest absolute Gasteiger partial charge is 0.459 e. The maximum atomic E-state index is 13.5. The molecule has 55 heavy (non-hydrogen) atoms. The molecule has 2 fully saturated rings. The van der Waals surface area contributed by atoms with Crippen molar-refractivity contribution in [1.82, 2.24) is 14.4 Å². The predicted molar refractivity (Wildman–Crippen MR) is 209 cm³/mol. The lowest BCUT2D eigenvalue weighted by Crippen LogP contribution is -2.59. The summed E-state index contributed by atoms with van der Waals surface area (Å²) in [5.41, 5.74) is -0.769. The Morgan fingerprint density at radius 1 is 0.964 bits per heavy atom. The van der Waals surface area contributed by atoms with Gasteiger partial charge in [-0.05, 0) is 104 Å². The van der Waals surface area contributed by atoms with Gasteiger partial charge in [0.25, 0.3) is 5.56 Å². The minimum Gasteiger partial charge on any atom is -0.459 e. The molecule has 2 aliphatic heterocycles. The molecule has 1 aromatic heterocycles. The fourth-order valence-corrected chi connectivity index (χ4v) is 8.62. The molecule has 4 rings (SSSR count). The highest BCUT2D eigenvalue weighted by Gasteiger charge is 2.50. The van der Waals surface area contributed by atoms with Gasteiger partial charge in [-0.2, -0.15) is 0 Å². The number of esters is 1. The Morgan fingerprint density at radius 2 is 1.60 bits per heavy atom. The summed E-state index contributed by atoms with van der Waals surface area (Å²) in [6.07, 6.45) is -4.66. The molecule has 13 heteroatoms. The highest BCUT2D eigenvalue weighted by Crippen LogP contribution is 2.37. The summed E-state index contributed by atoms with van der Waals surface area (Å²) in [6, 6.07) is 10.1. The number of hydrogen-bond acceptors (Lipinski definition) is 12. The third kappa shape index (κ3) is 10.4. The van der Waals surface area contributed by atoms with Crippen LogP contribution in [0.4, 0.5) is 0 Å². The zero-order valence-electron chi connectivity index (χ0n) is 34.6. The maximum Gasteiger partial charge on any atom is 0.311 e. The Kier molecular flexibility index (Phi) is 14.9. The zero-order chi connectivity index (χ0) is 41.2. The van der Waals surface area contributed by atoms with Crippen molar-refractivity contribution in [3.05, 3.63) is 64.1 Å². The number of aliphatic hydroxyl groups is 5. The number of nitrogens with zero attached hydrogens (tertiary/aromatic N) is 3. The Balaban J connectivity index is 1.59. The molecule has 14 atom stereocenters. The van der Waals surface area contributed by atoms with E-state index in [4.69, 9.17) is 14.2 Å². The molecule has 0 bridgehead atoms. The smallest absolute Gasteiger partial charge is 0.311 e. The summed E-state index contributed by atoms with van der Waals surface area (Å²) < 4.78 is 20.2. The van der Waals surface area contributed by atoms with Gasteiger partial charge in [0, 0.05) is 49.0 Å². The SMILES string of the molecule is CC[C@H]1OC(=O)[C@H](C)[C@@H](O)[C@H](C)[C@@H](O[C@@H]2O[C@H](C)C[C@H](N(C)Cc3ccc(-n4cc(C)ccc4=O)cc3)[C@H]2O)[C@](C)(O)C[C@@H](C)CN(C)[C@H](C)[C@@H](O)[C@]1(C)O. The molecule has 0 amide bonds. The summed E-state index contributed by atoms with van der Waals surface area (Å²) in [4.78, 5) is 29.9. The number of aliphatic hydroxyl groups excluding tert-OH is 3. The summed E-state index contributed by atoms with van der Waals surface area (Å²) in [5, 5.41) is 58.6. The molecule has 3 heterocycles. The molecular weight excluding hydrogens is 706 g/mol. The summed E-state index contributed by atoms with van der Waals surface area (Å²) in [7, 11) is 3.74. The third-order valence-electron chi connectivity index (χ3n) is 12.1. The first-order chi connectivity index (χ1) is 25.6. The van der Waals surface area contributed by atoms with Crippen LogP contribution in [0.2, 0.25) is 0 Å². The van der Waals surface area contributed by atoms with Crippen molar-refractivity contribution >= 4 is 5.97 Å². The van der Waals surface area contributed by atoms with Gasteiger partial charge in [-0.1, -0.05) is 39.0 Å². The first-order valence-electron chi connectivity index (χ1n) is 19.8. The minimum atomic E-state index is -1.78. The van der Waals surface area contributed by atoms with E-state index < -0.39 is 77.9 Å². The summed E-state index contributed by atoms with van der Waals surface area (Å²) in [6.45, 7) is 16.6. The Morgan fingerprint density at radius 3 is 2.22 bits per heavy atom. The number of rotatable bonds is 7. The number of likely N-dealkylation sites (N-methyl/N-ethyl adjacent to an activating group) is 2. The Hall–Kier alpha value is -2.72. The van der Waals surface area contributed by atoms with E-state index in [1.165, 1.54) is 13.8 Å². The van der Waals surface area contributed by atoms with Gasteiger partial charge in [-0.25, -0.2) is 0 Å². The van der Waals surface area contributed by atoms with Gasteiger partial charge in [-0.15, -0.1) is 0 Å². The number of pyridine rings is 1. The van der Waals surface area contributed by atoms with Gasteiger partial charge in [0.05, 0.1) is 29.8 Å². The van der Waals surface area contributed by atoms with Crippen LogP contribution in [0, 0.1) is 24.7 Å². The van der Waals surface area contributed by atoms with Crippen molar-refractivity contribution in [3.63, 3.8) is 0 Å². The second kappa shape index (κ2) is 18.3. The van der Waals surface area contributed by atoms with E-state index in [0.29, 0.717) is 19.5 Å². The quantitative estimate of drug-likeness (QED) is 0.261. The van der Waals surface area contributed by atoms with Crippen LogP contribution in [-0.4, -0.2) is 133 Å². The van der Waals surface area contributed by atoms with E-state index in [9.17, 15) is 35.1 Å². The fraction of sp³-hybridized carbons (Fsp3) is 0.714. The van der Waals surface area contributed by atoms with E-state index in [-0.39, 0.29) is 30.4 Å². The number of aryl methyl sites for hydroxylation is 1. The number of aromatic nitrogens is 1. The van der Waals surface area contributed by atoms with Crippen LogP contribution in [0.5, 0.6) is 0 Å². The van der Waals surface area contributed by atoms with Crippen LogP contribution in [0.3, 0.4) is 0 Å². The van der Waals surface area contributed by atoms with Gasteiger partial charge in [-0.3, -0.25) is 19.1 Å². The molecule has 0 unspecified atom stereocenters. The molecule has 13 nitrogen and oxygen atoms in total. The second-order valence-electron chi connectivity index (χ2n) is 17.2. The maximum absolute atomic E-state index is 13.5. The number of cyclic esters (lactones) is 1. The molecule has 2 saturated heterocycles. The highest BCUT2D eigenvalue weighted by molar-refractivity contribution is 5.73. The summed E-state index contributed by atoms with van der Waals surface area (Å²) >= 11 is 0. The van der Waals surface area contributed by atoms with Gasteiger partial charge < -0.3 is 44.6 Å². The molecule has 5 N–H and O–H groups in total. The van der Waals surface area contributed by atoms with Crippen LogP contribution in [0.25, 0.3) is 5.69 Å². The molecule has 0 radical (unpaired) electrons. The molecular formula is C42H67N3O10. The van der Waals surface area contributed by atoms with Crippen LogP contribution in [0.1, 0.15) is 85.8 Å². The van der Waals surface area contributed by atoms with Gasteiger partial charge in [0.15, 0.2) is 6.29 Å². The first-order valence-corrected chi connectivity index (χ1v) is 19.8. The lowest BCUT2D eigenvalue weighted by Gasteiger charge is -2.47. The number of hydrogen-bond donors (Lipinski definition) is 5. The van der Waals surface area contributed by atoms with Gasteiger partial charge >= 0.3 is 5.97 Å². The number of benzene rings is 1. The van der Waals surface area contributed by atoms with Crippen LogP contribution in [-0.2, 0) is 25.5 Å². The average Bonchev–Trinajstić information content (AvgIpc) is 3.12. The Bertz CT molecular complexity index is 1620. The number of ether oxygens (including phenoxy) is 3.